The highest BCUT2D eigenvalue weighted by Crippen LogP contribution is 2.22. The Labute approximate surface area is 124 Å². The van der Waals surface area contributed by atoms with Crippen molar-refractivity contribution in [2.45, 2.75) is 12.8 Å². The highest BCUT2D eigenvalue weighted by Gasteiger charge is 2.20. The van der Waals surface area contributed by atoms with Gasteiger partial charge in [0.1, 0.15) is 5.01 Å². The Morgan fingerprint density at radius 2 is 2.00 bits per heavy atom. The maximum absolute atomic E-state index is 12.1. The van der Waals surface area contributed by atoms with Gasteiger partial charge in [0.25, 0.3) is 0 Å². The smallest absolute Gasteiger partial charge is 0.355 e. The number of amides is 1. The van der Waals surface area contributed by atoms with Crippen LogP contribution in [0.5, 0.6) is 0 Å². The van der Waals surface area contributed by atoms with E-state index in [4.69, 9.17) is 16.7 Å². The highest BCUT2D eigenvalue weighted by molar-refractivity contribution is 7.10. The zero-order valence-electron chi connectivity index (χ0n) is 10.5. The van der Waals surface area contributed by atoms with Gasteiger partial charge in [0.2, 0.25) is 5.91 Å². The van der Waals surface area contributed by atoms with Crippen molar-refractivity contribution >= 4 is 40.5 Å². The van der Waals surface area contributed by atoms with Crippen molar-refractivity contribution < 1.29 is 14.7 Å². The topological polar surface area (TPSA) is 79.3 Å². The molecule has 7 heteroatoms. The zero-order valence-corrected chi connectivity index (χ0v) is 12.0. The Bertz CT molecular complexity index is 639. The summed E-state index contributed by atoms with van der Waals surface area (Å²) in [5, 5.41) is 14.0. The first kappa shape index (κ1) is 14.5. The second-order valence-electron chi connectivity index (χ2n) is 4.09. The van der Waals surface area contributed by atoms with Crippen LogP contribution in [-0.2, 0) is 4.79 Å². The first-order valence-corrected chi connectivity index (χ1v) is 6.98. The van der Waals surface area contributed by atoms with E-state index < -0.39 is 11.9 Å². The molecule has 1 atom stereocenters. The Morgan fingerprint density at radius 1 is 1.35 bits per heavy atom. The molecule has 0 unspecified atom stereocenters. The first-order valence-electron chi connectivity index (χ1n) is 5.72. The van der Waals surface area contributed by atoms with Crippen molar-refractivity contribution in [2.75, 3.05) is 5.32 Å². The standard InChI is InChI=1S/C13H11ClN2O3S/c1-7(12-16-10(6-20-12)13(18)19)11(17)15-9-4-2-8(14)3-5-9/h2-7H,1H3,(H,15,17)(H,18,19)/t7-/m0/s1. The normalized spacial score (nSPS) is 11.9. The summed E-state index contributed by atoms with van der Waals surface area (Å²) < 4.78 is 0. The number of nitrogens with zero attached hydrogens (tertiary/aromatic N) is 1. The third-order valence-electron chi connectivity index (χ3n) is 2.62. The molecule has 5 nitrogen and oxygen atoms in total. The predicted octanol–water partition coefficient (Wildman–Crippen LogP) is 3.24. The van der Waals surface area contributed by atoms with Gasteiger partial charge in [-0.25, -0.2) is 9.78 Å². The van der Waals surface area contributed by atoms with Gasteiger partial charge in [-0.2, -0.15) is 0 Å². The molecule has 0 spiro atoms. The van der Waals surface area contributed by atoms with Crippen LogP contribution in [0.1, 0.15) is 28.3 Å². The summed E-state index contributed by atoms with van der Waals surface area (Å²) in [7, 11) is 0. The molecule has 1 aromatic heterocycles. The quantitative estimate of drug-likeness (QED) is 0.908. The fourth-order valence-electron chi connectivity index (χ4n) is 1.48. The van der Waals surface area contributed by atoms with Gasteiger partial charge in [-0.15, -0.1) is 11.3 Å². The molecule has 0 saturated heterocycles. The van der Waals surface area contributed by atoms with E-state index in [0.717, 1.165) is 11.3 Å². The largest absolute Gasteiger partial charge is 0.476 e. The van der Waals surface area contributed by atoms with Crippen molar-refractivity contribution in [3.05, 3.63) is 45.4 Å². The number of nitrogens with one attached hydrogen (secondary N) is 1. The average molecular weight is 311 g/mol. The second kappa shape index (κ2) is 6.02. The monoisotopic (exact) mass is 310 g/mol. The number of carboxylic acid groups (broad SMARTS) is 1. The Hall–Kier alpha value is -1.92. The van der Waals surface area contributed by atoms with E-state index in [2.05, 4.69) is 10.3 Å². The number of thiazole rings is 1. The van der Waals surface area contributed by atoms with Gasteiger partial charge < -0.3 is 10.4 Å². The van der Waals surface area contributed by atoms with Crippen LogP contribution in [0.4, 0.5) is 5.69 Å². The van der Waals surface area contributed by atoms with Gasteiger partial charge in [0.05, 0.1) is 5.92 Å². The summed E-state index contributed by atoms with van der Waals surface area (Å²) >= 11 is 6.92. The zero-order chi connectivity index (χ0) is 14.7. The molecule has 2 N–H and O–H groups in total. The number of benzene rings is 1. The molecule has 1 heterocycles. The third-order valence-corrected chi connectivity index (χ3v) is 3.90. The molecule has 2 rings (SSSR count). The van der Waals surface area contributed by atoms with E-state index in [9.17, 15) is 9.59 Å². The lowest BCUT2D eigenvalue weighted by molar-refractivity contribution is -0.117. The Morgan fingerprint density at radius 3 is 2.55 bits per heavy atom. The van der Waals surface area contributed by atoms with Crippen LogP contribution in [0.2, 0.25) is 5.02 Å². The Kier molecular flexibility index (Phi) is 4.36. The van der Waals surface area contributed by atoms with Crippen molar-refractivity contribution in [3.8, 4) is 0 Å². The maximum atomic E-state index is 12.1. The summed E-state index contributed by atoms with van der Waals surface area (Å²) in [5.74, 6) is -1.87. The van der Waals surface area contributed by atoms with Crippen LogP contribution in [0, 0.1) is 0 Å². The number of halogens is 1. The fraction of sp³-hybridized carbons (Fsp3) is 0.154. The van der Waals surface area contributed by atoms with Crippen molar-refractivity contribution in [2.24, 2.45) is 0 Å². The minimum atomic E-state index is -1.10. The number of anilines is 1. The number of rotatable bonds is 4. The molecule has 0 radical (unpaired) electrons. The van der Waals surface area contributed by atoms with Gasteiger partial charge in [-0.05, 0) is 31.2 Å². The number of carbonyl (C=O) groups excluding carboxylic acids is 1. The lowest BCUT2D eigenvalue weighted by atomic mass is 10.1. The predicted molar refractivity (Wildman–Crippen MR) is 77.6 cm³/mol. The van der Waals surface area contributed by atoms with Crippen LogP contribution >= 0.6 is 22.9 Å². The number of hydrogen-bond acceptors (Lipinski definition) is 4. The number of carboxylic acids is 1. The van der Waals surface area contributed by atoms with E-state index in [-0.39, 0.29) is 11.6 Å². The number of hydrogen-bond donors (Lipinski definition) is 2. The van der Waals surface area contributed by atoms with E-state index in [1.54, 1.807) is 31.2 Å². The van der Waals surface area contributed by atoms with Gasteiger partial charge in [-0.1, -0.05) is 11.6 Å². The molecule has 0 aliphatic heterocycles. The van der Waals surface area contributed by atoms with Gasteiger partial charge in [0.15, 0.2) is 5.69 Å². The van der Waals surface area contributed by atoms with E-state index >= 15 is 0 Å². The second-order valence-corrected chi connectivity index (χ2v) is 5.42. The molecule has 0 fully saturated rings. The summed E-state index contributed by atoms with van der Waals surface area (Å²) in [6.45, 7) is 1.68. The highest BCUT2D eigenvalue weighted by atomic mass is 35.5. The molecule has 20 heavy (non-hydrogen) atoms. The lowest BCUT2D eigenvalue weighted by Gasteiger charge is -2.09. The molecule has 0 aliphatic carbocycles. The van der Waals surface area contributed by atoms with Gasteiger partial charge >= 0.3 is 5.97 Å². The van der Waals surface area contributed by atoms with Crippen LogP contribution in [0.3, 0.4) is 0 Å². The van der Waals surface area contributed by atoms with Crippen LogP contribution in [0.25, 0.3) is 0 Å². The summed E-state index contributed by atoms with van der Waals surface area (Å²) in [4.78, 5) is 26.7. The maximum Gasteiger partial charge on any atom is 0.355 e. The first-order chi connectivity index (χ1) is 9.47. The fourth-order valence-corrected chi connectivity index (χ4v) is 2.45. The van der Waals surface area contributed by atoms with Gasteiger partial charge in [0, 0.05) is 16.1 Å². The third kappa shape index (κ3) is 3.34. The summed E-state index contributed by atoms with van der Waals surface area (Å²) in [6, 6.07) is 6.73. The van der Waals surface area contributed by atoms with E-state index in [1.165, 1.54) is 5.38 Å². The van der Waals surface area contributed by atoms with Crippen molar-refractivity contribution in [3.63, 3.8) is 0 Å². The summed E-state index contributed by atoms with van der Waals surface area (Å²) in [5.41, 5.74) is 0.581. The number of aromatic carboxylic acids is 1. The van der Waals surface area contributed by atoms with Crippen molar-refractivity contribution in [1.82, 2.24) is 4.98 Å². The number of carbonyl (C=O) groups is 2. The molecule has 104 valence electrons. The van der Waals surface area contributed by atoms with E-state index in [1.807, 2.05) is 0 Å². The minimum absolute atomic E-state index is 0.0452. The van der Waals surface area contributed by atoms with Crippen molar-refractivity contribution in [1.29, 1.82) is 0 Å². The SMILES string of the molecule is C[C@@H](C(=O)Nc1ccc(Cl)cc1)c1nc(C(=O)O)cs1. The van der Waals surface area contributed by atoms with E-state index in [0.29, 0.717) is 15.7 Å². The Balaban J connectivity index is 2.07. The van der Waals surface area contributed by atoms with Crippen LogP contribution in [-0.4, -0.2) is 22.0 Å². The molecule has 0 saturated carbocycles. The molecule has 0 bridgehead atoms. The van der Waals surface area contributed by atoms with Crippen LogP contribution in [0.15, 0.2) is 29.6 Å². The van der Waals surface area contributed by atoms with Gasteiger partial charge in [-0.3, -0.25) is 4.79 Å². The minimum Gasteiger partial charge on any atom is -0.476 e. The number of aromatic nitrogens is 1. The lowest BCUT2D eigenvalue weighted by Crippen LogP contribution is -2.18. The molecule has 0 aliphatic rings. The molecular formula is C13H11ClN2O3S. The average Bonchev–Trinajstić information content (AvgIpc) is 2.90. The molecule has 1 amide bonds. The van der Waals surface area contributed by atoms with Crippen LogP contribution < -0.4 is 5.32 Å². The molecular weight excluding hydrogens is 300 g/mol. The molecule has 2 aromatic rings. The summed E-state index contributed by atoms with van der Waals surface area (Å²) in [6.07, 6.45) is 0. The molecule has 1 aromatic carbocycles.